The molecule has 0 aliphatic heterocycles. The molecule has 0 saturated heterocycles. The third-order valence-corrected chi connectivity index (χ3v) is 5.33. The maximum absolute atomic E-state index is 13.2. The van der Waals surface area contributed by atoms with Crippen molar-refractivity contribution in [1.82, 2.24) is 0 Å². The molecule has 2 aromatic rings. The van der Waals surface area contributed by atoms with Gasteiger partial charge in [0.05, 0.1) is 17.3 Å². The van der Waals surface area contributed by atoms with Crippen molar-refractivity contribution >= 4 is 43.2 Å². The van der Waals surface area contributed by atoms with Crippen molar-refractivity contribution in [1.29, 1.82) is 0 Å². The monoisotopic (exact) mass is 393 g/mol. The largest absolute Gasteiger partial charge is 0.392 e. The number of hydrogen-bond acceptors (Lipinski definition) is 3. The van der Waals surface area contributed by atoms with Crippen LogP contribution in [0.1, 0.15) is 5.56 Å². The summed E-state index contributed by atoms with van der Waals surface area (Å²) in [5.41, 5.74) is 0.377. The number of anilines is 1. The molecule has 112 valence electrons. The first-order chi connectivity index (χ1) is 9.83. The Morgan fingerprint density at radius 2 is 1.95 bits per heavy atom. The first-order valence-electron chi connectivity index (χ1n) is 5.70. The molecular weight excluding hydrogens is 385 g/mol. The van der Waals surface area contributed by atoms with E-state index in [-0.39, 0.29) is 22.2 Å². The predicted molar refractivity (Wildman–Crippen MR) is 82.3 cm³/mol. The van der Waals surface area contributed by atoms with Crippen LogP contribution in [0, 0.1) is 5.82 Å². The number of rotatable bonds is 4. The number of sulfonamides is 1. The number of halogens is 3. The zero-order chi connectivity index (χ0) is 15.6. The minimum absolute atomic E-state index is 0.0574. The van der Waals surface area contributed by atoms with E-state index in [1.807, 2.05) is 0 Å². The van der Waals surface area contributed by atoms with E-state index in [1.54, 1.807) is 6.07 Å². The topological polar surface area (TPSA) is 66.4 Å². The highest BCUT2D eigenvalue weighted by molar-refractivity contribution is 9.10. The second-order valence-electron chi connectivity index (χ2n) is 4.15. The van der Waals surface area contributed by atoms with Gasteiger partial charge in [-0.3, -0.25) is 4.72 Å². The van der Waals surface area contributed by atoms with Gasteiger partial charge in [-0.25, -0.2) is 12.8 Å². The van der Waals surface area contributed by atoms with Crippen molar-refractivity contribution in [3.8, 4) is 0 Å². The second-order valence-corrected chi connectivity index (χ2v) is 7.06. The zero-order valence-electron chi connectivity index (χ0n) is 10.5. The highest BCUT2D eigenvalue weighted by Crippen LogP contribution is 2.29. The molecule has 0 unspecified atom stereocenters. The summed E-state index contributed by atoms with van der Waals surface area (Å²) < 4.78 is 40.4. The van der Waals surface area contributed by atoms with Crippen molar-refractivity contribution in [2.24, 2.45) is 0 Å². The van der Waals surface area contributed by atoms with E-state index < -0.39 is 15.8 Å². The first kappa shape index (κ1) is 16.2. The molecule has 0 saturated carbocycles. The fourth-order valence-electron chi connectivity index (χ4n) is 1.63. The molecular formula is C13H10BrClFNO3S. The summed E-state index contributed by atoms with van der Waals surface area (Å²) in [4.78, 5) is -0.0747. The Hall–Kier alpha value is -1.15. The van der Waals surface area contributed by atoms with Crippen molar-refractivity contribution in [3.05, 3.63) is 57.3 Å². The molecule has 8 heteroatoms. The minimum atomic E-state index is -3.97. The molecule has 0 amide bonds. The molecule has 0 aliphatic rings. The van der Waals surface area contributed by atoms with Gasteiger partial charge in [-0.1, -0.05) is 17.7 Å². The van der Waals surface area contributed by atoms with Gasteiger partial charge < -0.3 is 5.11 Å². The van der Waals surface area contributed by atoms with Crippen molar-refractivity contribution in [2.75, 3.05) is 4.72 Å². The van der Waals surface area contributed by atoms with E-state index in [0.29, 0.717) is 10.0 Å². The molecule has 0 atom stereocenters. The van der Waals surface area contributed by atoms with Crippen LogP contribution in [0.2, 0.25) is 5.02 Å². The number of nitrogens with one attached hydrogen (secondary N) is 1. The Balaban J connectivity index is 2.45. The highest BCUT2D eigenvalue weighted by Gasteiger charge is 2.19. The fourth-order valence-corrected chi connectivity index (χ4v) is 3.93. The quantitative estimate of drug-likeness (QED) is 0.833. The van der Waals surface area contributed by atoms with E-state index in [9.17, 15) is 12.8 Å². The maximum Gasteiger partial charge on any atom is 0.263 e. The van der Waals surface area contributed by atoms with Gasteiger partial charge in [-0.2, -0.15) is 0 Å². The van der Waals surface area contributed by atoms with Crippen LogP contribution in [0.3, 0.4) is 0 Å². The molecule has 0 radical (unpaired) electrons. The van der Waals surface area contributed by atoms with E-state index >= 15 is 0 Å². The standard InChI is InChI=1S/C13H10BrClFNO3S/c14-10-3-1-8(7-18)5-13(10)21(19,20)17-12-6-9(16)2-4-11(12)15/h1-6,17-18H,7H2. The molecule has 2 aromatic carbocycles. The van der Waals surface area contributed by atoms with Crippen LogP contribution in [0.5, 0.6) is 0 Å². The van der Waals surface area contributed by atoms with Crippen LogP contribution in [-0.4, -0.2) is 13.5 Å². The van der Waals surface area contributed by atoms with Gasteiger partial charge >= 0.3 is 0 Å². The summed E-state index contributed by atoms with van der Waals surface area (Å²) in [5.74, 6) is -0.611. The molecule has 21 heavy (non-hydrogen) atoms. The second kappa shape index (κ2) is 6.31. The maximum atomic E-state index is 13.2. The first-order valence-corrected chi connectivity index (χ1v) is 8.36. The van der Waals surface area contributed by atoms with Crippen molar-refractivity contribution < 1.29 is 17.9 Å². The average Bonchev–Trinajstić information content (AvgIpc) is 2.43. The Kier molecular flexibility index (Phi) is 4.88. The molecule has 0 aromatic heterocycles. The molecule has 0 spiro atoms. The summed E-state index contributed by atoms with van der Waals surface area (Å²) in [6, 6.07) is 7.78. The average molecular weight is 395 g/mol. The van der Waals surface area contributed by atoms with Crippen LogP contribution in [0.4, 0.5) is 10.1 Å². The van der Waals surface area contributed by atoms with Gasteiger partial charge in [0.2, 0.25) is 0 Å². The lowest BCUT2D eigenvalue weighted by Gasteiger charge is -2.12. The molecule has 0 fully saturated rings. The number of benzene rings is 2. The third kappa shape index (κ3) is 3.74. The minimum Gasteiger partial charge on any atom is -0.392 e. The molecule has 0 heterocycles. The van der Waals surface area contributed by atoms with Gasteiger partial charge in [-0.15, -0.1) is 0 Å². The summed E-state index contributed by atoms with van der Waals surface area (Å²) in [5, 5.41) is 9.17. The van der Waals surface area contributed by atoms with Crippen molar-refractivity contribution in [2.45, 2.75) is 11.5 Å². The van der Waals surface area contributed by atoms with Crippen LogP contribution in [0.25, 0.3) is 0 Å². The van der Waals surface area contributed by atoms with Gasteiger partial charge in [0.15, 0.2) is 0 Å². The zero-order valence-corrected chi connectivity index (χ0v) is 13.6. The lowest BCUT2D eigenvalue weighted by atomic mass is 10.2. The smallest absolute Gasteiger partial charge is 0.263 e. The number of aliphatic hydroxyl groups is 1. The molecule has 2 N–H and O–H groups in total. The summed E-state index contributed by atoms with van der Waals surface area (Å²) in [6.45, 7) is -0.295. The Morgan fingerprint density at radius 3 is 2.62 bits per heavy atom. The van der Waals surface area contributed by atoms with Crippen LogP contribution >= 0.6 is 27.5 Å². The van der Waals surface area contributed by atoms with Crippen LogP contribution < -0.4 is 4.72 Å². The van der Waals surface area contributed by atoms with E-state index in [2.05, 4.69) is 20.7 Å². The summed E-state index contributed by atoms with van der Waals surface area (Å²) in [6.07, 6.45) is 0. The van der Waals surface area contributed by atoms with Crippen molar-refractivity contribution in [3.63, 3.8) is 0 Å². The Morgan fingerprint density at radius 1 is 1.24 bits per heavy atom. The van der Waals surface area contributed by atoms with Gasteiger partial charge in [-0.05, 0) is 51.8 Å². The molecule has 2 rings (SSSR count). The van der Waals surface area contributed by atoms with E-state index in [1.165, 1.54) is 18.2 Å². The Bertz CT molecular complexity index is 783. The predicted octanol–water partition coefficient (Wildman–Crippen LogP) is 3.53. The van der Waals surface area contributed by atoms with Crippen LogP contribution in [0.15, 0.2) is 45.8 Å². The summed E-state index contributed by atoms with van der Waals surface area (Å²) in [7, 11) is -3.97. The van der Waals surface area contributed by atoms with Gasteiger partial charge in [0.25, 0.3) is 10.0 Å². The fraction of sp³-hybridized carbons (Fsp3) is 0.0769. The molecule has 0 bridgehead atoms. The summed E-state index contributed by atoms with van der Waals surface area (Å²) >= 11 is 8.98. The van der Waals surface area contributed by atoms with E-state index in [0.717, 1.165) is 12.1 Å². The van der Waals surface area contributed by atoms with Gasteiger partial charge in [0, 0.05) is 4.47 Å². The number of hydrogen-bond donors (Lipinski definition) is 2. The lowest BCUT2D eigenvalue weighted by Crippen LogP contribution is -2.14. The third-order valence-electron chi connectivity index (χ3n) is 2.64. The Labute approximate surface area is 134 Å². The number of aliphatic hydroxyl groups excluding tert-OH is 1. The normalized spacial score (nSPS) is 11.4. The molecule has 4 nitrogen and oxygen atoms in total. The SMILES string of the molecule is O=S(=O)(Nc1cc(F)ccc1Cl)c1cc(CO)ccc1Br. The van der Waals surface area contributed by atoms with Gasteiger partial charge in [0.1, 0.15) is 10.7 Å². The van der Waals surface area contributed by atoms with Crippen LogP contribution in [-0.2, 0) is 16.6 Å². The van der Waals surface area contributed by atoms with E-state index in [4.69, 9.17) is 16.7 Å². The molecule has 0 aliphatic carbocycles. The lowest BCUT2D eigenvalue weighted by molar-refractivity contribution is 0.281. The highest BCUT2D eigenvalue weighted by atomic mass is 79.9.